The minimum Gasteiger partial charge on any atom is -0.507 e. The van der Waals surface area contributed by atoms with Crippen molar-refractivity contribution in [3.8, 4) is 5.75 Å². The Morgan fingerprint density at radius 2 is 1.73 bits per heavy atom. The van der Waals surface area contributed by atoms with Crippen molar-refractivity contribution in [1.82, 2.24) is 4.98 Å². The van der Waals surface area contributed by atoms with E-state index in [4.69, 9.17) is 4.74 Å². The van der Waals surface area contributed by atoms with Crippen LogP contribution in [0.25, 0.3) is 5.76 Å². The van der Waals surface area contributed by atoms with Crippen molar-refractivity contribution in [1.29, 1.82) is 0 Å². The van der Waals surface area contributed by atoms with Gasteiger partial charge in [0.2, 0.25) is 0 Å². The fourth-order valence-electron chi connectivity index (χ4n) is 3.70. The number of anilines is 1. The van der Waals surface area contributed by atoms with Crippen molar-refractivity contribution in [2.24, 2.45) is 0 Å². The molecular weight excluding hydrogens is 380 g/mol. The van der Waals surface area contributed by atoms with Crippen LogP contribution in [0.1, 0.15) is 22.7 Å². The van der Waals surface area contributed by atoms with Gasteiger partial charge in [0.05, 0.1) is 24.3 Å². The molecule has 0 saturated carbocycles. The lowest BCUT2D eigenvalue weighted by Crippen LogP contribution is -2.29. The average molecular weight is 400 g/mol. The molecule has 3 aromatic rings. The first-order valence-corrected chi connectivity index (χ1v) is 9.44. The van der Waals surface area contributed by atoms with Crippen LogP contribution in [-0.4, -0.2) is 28.9 Å². The number of hydrogen-bond acceptors (Lipinski definition) is 5. The van der Waals surface area contributed by atoms with Gasteiger partial charge in [0.1, 0.15) is 11.5 Å². The van der Waals surface area contributed by atoms with Gasteiger partial charge < -0.3 is 9.84 Å². The second kappa shape index (κ2) is 7.83. The Labute approximate surface area is 174 Å². The Morgan fingerprint density at radius 3 is 2.40 bits per heavy atom. The van der Waals surface area contributed by atoms with Crippen LogP contribution in [0.5, 0.6) is 5.75 Å². The molecule has 1 aliphatic rings. The van der Waals surface area contributed by atoms with E-state index in [9.17, 15) is 14.7 Å². The number of rotatable bonds is 4. The van der Waals surface area contributed by atoms with Crippen molar-refractivity contribution in [3.05, 3.63) is 95.3 Å². The largest absolute Gasteiger partial charge is 0.507 e. The predicted octanol–water partition coefficient (Wildman–Crippen LogP) is 4.02. The van der Waals surface area contributed by atoms with Gasteiger partial charge >= 0.3 is 0 Å². The Morgan fingerprint density at radius 1 is 1.03 bits per heavy atom. The summed E-state index contributed by atoms with van der Waals surface area (Å²) in [5.41, 5.74) is 2.49. The maximum absolute atomic E-state index is 13.1. The molecule has 1 unspecified atom stereocenters. The fraction of sp³-hybridized carbons (Fsp3) is 0.125. The molecule has 0 radical (unpaired) electrons. The molecule has 1 saturated heterocycles. The topological polar surface area (TPSA) is 79.7 Å². The lowest BCUT2D eigenvalue weighted by Gasteiger charge is -2.25. The maximum Gasteiger partial charge on any atom is 0.300 e. The van der Waals surface area contributed by atoms with E-state index in [2.05, 4.69) is 4.98 Å². The number of aryl methyl sites for hydroxylation is 1. The molecule has 6 nitrogen and oxygen atoms in total. The fourth-order valence-corrected chi connectivity index (χ4v) is 3.70. The number of ketones is 1. The quantitative estimate of drug-likeness (QED) is 0.406. The maximum atomic E-state index is 13.1. The highest BCUT2D eigenvalue weighted by atomic mass is 16.5. The van der Waals surface area contributed by atoms with Crippen LogP contribution in [0, 0.1) is 6.92 Å². The zero-order valence-corrected chi connectivity index (χ0v) is 16.6. The van der Waals surface area contributed by atoms with Crippen molar-refractivity contribution >= 4 is 23.1 Å². The summed E-state index contributed by atoms with van der Waals surface area (Å²) in [4.78, 5) is 31.6. The first kappa shape index (κ1) is 19.4. The summed E-state index contributed by atoms with van der Waals surface area (Å²) in [6.07, 6.45) is 3.18. The van der Waals surface area contributed by atoms with Crippen LogP contribution in [0.3, 0.4) is 0 Å². The summed E-state index contributed by atoms with van der Waals surface area (Å²) in [5, 5.41) is 11.2. The number of methoxy groups -OCH3 is 1. The summed E-state index contributed by atoms with van der Waals surface area (Å²) in [7, 11) is 1.49. The van der Waals surface area contributed by atoms with Crippen LogP contribution in [0.15, 0.2) is 78.6 Å². The summed E-state index contributed by atoms with van der Waals surface area (Å²) in [6, 6.07) is 16.9. The van der Waals surface area contributed by atoms with E-state index in [1.54, 1.807) is 60.9 Å². The molecule has 4 rings (SSSR count). The van der Waals surface area contributed by atoms with E-state index in [1.807, 2.05) is 19.1 Å². The van der Waals surface area contributed by atoms with E-state index in [1.165, 1.54) is 12.0 Å². The normalized spacial score (nSPS) is 17.9. The van der Waals surface area contributed by atoms with E-state index in [0.29, 0.717) is 22.6 Å². The summed E-state index contributed by atoms with van der Waals surface area (Å²) < 4.78 is 5.38. The second-order valence-electron chi connectivity index (χ2n) is 6.99. The molecule has 150 valence electrons. The molecule has 0 spiro atoms. The third-order valence-corrected chi connectivity index (χ3v) is 5.11. The highest BCUT2D eigenvalue weighted by Crippen LogP contribution is 2.43. The number of aliphatic hydroxyl groups is 1. The number of carbonyl (C=O) groups excluding carboxylic acids is 2. The van der Waals surface area contributed by atoms with Crippen LogP contribution in [-0.2, 0) is 9.59 Å². The summed E-state index contributed by atoms with van der Waals surface area (Å²) in [5.74, 6) is -1.30. The Kier molecular flexibility index (Phi) is 5.06. The van der Waals surface area contributed by atoms with Crippen molar-refractivity contribution in [2.45, 2.75) is 13.0 Å². The number of para-hydroxylation sites is 1. The molecule has 30 heavy (non-hydrogen) atoms. The standard InChI is InChI=1S/C24H20N2O4/c1-15-8-9-19(30-2)18(14-15)22(27)20-21(16-10-12-25-13-11-16)26(24(29)23(20)28)17-6-4-3-5-7-17/h3-14,21,27H,1-2H3/b22-20+. The molecular formula is C24H20N2O4. The van der Waals surface area contributed by atoms with Crippen molar-refractivity contribution in [3.63, 3.8) is 0 Å². The minimum atomic E-state index is -0.791. The van der Waals surface area contributed by atoms with Gasteiger partial charge in [-0.1, -0.05) is 29.8 Å². The third-order valence-electron chi connectivity index (χ3n) is 5.11. The van der Waals surface area contributed by atoms with Crippen molar-refractivity contribution in [2.75, 3.05) is 12.0 Å². The number of aliphatic hydroxyl groups excluding tert-OH is 1. The van der Waals surface area contributed by atoms with E-state index < -0.39 is 17.7 Å². The SMILES string of the molecule is COc1ccc(C)cc1/C(O)=C1\C(=O)C(=O)N(c2ccccc2)C1c1ccncc1. The summed E-state index contributed by atoms with van der Waals surface area (Å²) in [6.45, 7) is 1.87. The Bertz CT molecular complexity index is 1140. The Hall–Kier alpha value is -3.93. The van der Waals surface area contributed by atoms with Crippen LogP contribution in [0.2, 0.25) is 0 Å². The number of pyridine rings is 1. The third kappa shape index (κ3) is 3.22. The van der Waals surface area contributed by atoms with E-state index >= 15 is 0 Å². The van der Waals surface area contributed by atoms with Crippen LogP contribution in [0.4, 0.5) is 5.69 Å². The molecule has 6 heteroatoms. The molecule has 0 bridgehead atoms. The number of benzene rings is 2. The number of carbonyl (C=O) groups is 2. The molecule has 1 fully saturated rings. The monoisotopic (exact) mass is 400 g/mol. The molecule has 1 aromatic heterocycles. The van der Waals surface area contributed by atoms with Crippen LogP contribution < -0.4 is 9.64 Å². The number of amides is 1. The highest BCUT2D eigenvalue weighted by molar-refractivity contribution is 6.51. The van der Waals surface area contributed by atoms with Gasteiger partial charge in [0.15, 0.2) is 0 Å². The van der Waals surface area contributed by atoms with Crippen LogP contribution >= 0.6 is 0 Å². The van der Waals surface area contributed by atoms with Gasteiger partial charge in [-0.25, -0.2) is 0 Å². The Balaban J connectivity index is 1.98. The van der Waals surface area contributed by atoms with Gasteiger partial charge in [-0.15, -0.1) is 0 Å². The summed E-state index contributed by atoms with van der Waals surface area (Å²) >= 11 is 0. The zero-order chi connectivity index (χ0) is 21.3. The number of aromatic nitrogens is 1. The molecule has 0 aliphatic carbocycles. The zero-order valence-electron chi connectivity index (χ0n) is 16.6. The van der Waals surface area contributed by atoms with E-state index in [0.717, 1.165) is 5.56 Å². The highest BCUT2D eigenvalue weighted by Gasteiger charge is 2.47. The molecule has 1 amide bonds. The number of Topliss-reactive ketones (excluding diaryl/α,β-unsaturated/α-hetero) is 1. The van der Waals surface area contributed by atoms with E-state index in [-0.39, 0.29) is 11.3 Å². The lowest BCUT2D eigenvalue weighted by atomic mass is 9.95. The minimum absolute atomic E-state index is 0.0129. The van der Waals surface area contributed by atoms with Gasteiger partial charge in [-0.3, -0.25) is 19.5 Å². The second-order valence-corrected chi connectivity index (χ2v) is 6.99. The molecule has 2 heterocycles. The molecule has 2 aromatic carbocycles. The predicted molar refractivity (Wildman–Crippen MR) is 113 cm³/mol. The molecule has 1 N–H and O–H groups in total. The van der Waals surface area contributed by atoms with Crippen molar-refractivity contribution < 1.29 is 19.4 Å². The number of ether oxygens (including phenoxy) is 1. The average Bonchev–Trinajstić information content (AvgIpc) is 3.05. The number of hydrogen-bond donors (Lipinski definition) is 1. The van der Waals surface area contributed by atoms with Gasteiger partial charge in [0.25, 0.3) is 11.7 Å². The number of nitrogens with zero attached hydrogens (tertiary/aromatic N) is 2. The van der Waals surface area contributed by atoms with Gasteiger partial charge in [0, 0.05) is 18.1 Å². The van der Waals surface area contributed by atoms with Gasteiger partial charge in [-0.2, -0.15) is 0 Å². The smallest absolute Gasteiger partial charge is 0.300 e. The molecule has 1 atom stereocenters. The first-order valence-electron chi connectivity index (χ1n) is 9.44. The first-order chi connectivity index (χ1) is 14.5. The van der Waals surface area contributed by atoms with Gasteiger partial charge in [-0.05, 0) is 48.9 Å². The lowest BCUT2D eigenvalue weighted by molar-refractivity contribution is -0.132. The molecule has 1 aliphatic heterocycles.